The first-order valence-corrected chi connectivity index (χ1v) is 14.4. The summed E-state index contributed by atoms with van der Waals surface area (Å²) in [4.78, 5) is 13.7. The summed E-state index contributed by atoms with van der Waals surface area (Å²) >= 11 is 1.55. The summed E-state index contributed by atoms with van der Waals surface area (Å²) in [6.45, 7) is 2.06. The molecule has 0 saturated heterocycles. The number of para-hydroxylation sites is 1. The van der Waals surface area contributed by atoms with Crippen molar-refractivity contribution in [3.05, 3.63) is 130 Å². The van der Waals surface area contributed by atoms with E-state index in [1.165, 1.54) is 10.8 Å². The van der Waals surface area contributed by atoms with Crippen molar-refractivity contribution >= 4 is 33.7 Å². The number of carbonyl (C=O) groups is 1. The fraction of sp³-hybridized carbons (Fsp3) is 0.147. The number of rotatable bonds is 8. The lowest BCUT2D eigenvalue weighted by Crippen LogP contribution is -2.40. The van der Waals surface area contributed by atoms with Crippen LogP contribution >= 0.6 is 11.3 Å². The maximum atomic E-state index is 12.8. The van der Waals surface area contributed by atoms with Crippen molar-refractivity contribution in [2.75, 3.05) is 0 Å². The number of phenols is 1. The molecule has 0 aliphatic carbocycles. The van der Waals surface area contributed by atoms with Crippen LogP contribution in [0.2, 0.25) is 0 Å². The summed E-state index contributed by atoms with van der Waals surface area (Å²) in [5.41, 5.74) is 2.97. The number of phenolic OH excluding ortho intramolecular Hbond substituents is 1. The van der Waals surface area contributed by atoms with Crippen LogP contribution in [0.1, 0.15) is 42.2 Å². The van der Waals surface area contributed by atoms with Crippen molar-refractivity contribution in [3.63, 3.8) is 0 Å². The number of benzene rings is 4. The summed E-state index contributed by atoms with van der Waals surface area (Å²) < 4.78 is 6.68. The van der Waals surface area contributed by atoms with Crippen molar-refractivity contribution < 1.29 is 14.6 Å². The van der Waals surface area contributed by atoms with Crippen LogP contribution in [0, 0.1) is 0 Å². The van der Waals surface area contributed by atoms with E-state index in [0.29, 0.717) is 23.6 Å². The fourth-order valence-corrected chi connectivity index (χ4v) is 5.84. The zero-order valence-electron chi connectivity index (χ0n) is 22.2. The molecule has 1 aliphatic heterocycles. The average molecular weight is 547 g/mol. The Morgan fingerprint density at radius 3 is 2.40 bits per heavy atom. The van der Waals surface area contributed by atoms with Crippen LogP contribution in [-0.4, -0.2) is 11.0 Å². The lowest BCUT2D eigenvalue weighted by molar-refractivity contribution is -0.121. The second kappa shape index (κ2) is 10.9. The number of amides is 1. The molecule has 0 radical (unpaired) electrons. The van der Waals surface area contributed by atoms with Crippen molar-refractivity contribution in [1.82, 2.24) is 10.6 Å². The molecule has 0 bridgehead atoms. The van der Waals surface area contributed by atoms with E-state index in [0.717, 1.165) is 34.4 Å². The number of ether oxygens (including phenoxy) is 1. The van der Waals surface area contributed by atoms with Crippen LogP contribution < -0.4 is 10.6 Å². The first-order chi connectivity index (χ1) is 19.6. The number of hydrogen-bond acceptors (Lipinski definition) is 5. The summed E-state index contributed by atoms with van der Waals surface area (Å²) in [5, 5.41) is 21.9. The van der Waals surface area contributed by atoms with Gasteiger partial charge in [-0.2, -0.15) is 0 Å². The van der Waals surface area contributed by atoms with E-state index in [1.54, 1.807) is 23.5 Å². The van der Waals surface area contributed by atoms with E-state index in [-0.39, 0.29) is 11.7 Å². The molecule has 0 spiro atoms. The van der Waals surface area contributed by atoms with Crippen molar-refractivity contribution in [1.29, 1.82) is 0 Å². The molecule has 6 rings (SSSR count). The first-order valence-electron chi connectivity index (χ1n) is 13.5. The second-order valence-electron chi connectivity index (χ2n) is 9.90. The van der Waals surface area contributed by atoms with Gasteiger partial charge in [0.15, 0.2) is 0 Å². The van der Waals surface area contributed by atoms with Crippen molar-refractivity contribution in [2.24, 2.45) is 0 Å². The van der Waals surface area contributed by atoms with Crippen LogP contribution in [0.4, 0.5) is 0 Å². The molecule has 1 atom stereocenters. The predicted octanol–water partition coefficient (Wildman–Crippen LogP) is 7.73. The van der Waals surface area contributed by atoms with Gasteiger partial charge in [0.25, 0.3) is 0 Å². The van der Waals surface area contributed by atoms with Gasteiger partial charge in [-0.25, -0.2) is 0 Å². The van der Waals surface area contributed by atoms with Gasteiger partial charge in [-0.1, -0.05) is 92.2 Å². The van der Waals surface area contributed by atoms with Gasteiger partial charge >= 0.3 is 0 Å². The van der Waals surface area contributed by atoms with Gasteiger partial charge in [-0.15, -0.1) is 11.3 Å². The highest BCUT2D eigenvalue weighted by atomic mass is 32.1. The van der Waals surface area contributed by atoms with Crippen molar-refractivity contribution in [3.8, 4) is 16.9 Å². The molecular weight excluding hydrogens is 516 g/mol. The van der Waals surface area contributed by atoms with Crippen molar-refractivity contribution in [2.45, 2.75) is 31.9 Å². The van der Waals surface area contributed by atoms with E-state index < -0.39 is 5.72 Å². The number of hydrogen-bond donors (Lipinski definition) is 3. The molecule has 1 unspecified atom stereocenters. The normalized spacial score (nSPS) is 16.5. The van der Waals surface area contributed by atoms with Crippen LogP contribution in [0.5, 0.6) is 5.75 Å². The molecule has 1 aliphatic rings. The van der Waals surface area contributed by atoms with Crippen LogP contribution in [0.25, 0.3) is 27.6 Å². The zero-order valence-corrected chi connectivity index (χ0v) is 23.0. The summed E-state index contributed by atoms with van der Waals surface area (Å²) in [6, 6.07) is 34.0. The monoisotopic (exact) mass is 546 g/mol. The summed E-state index contributed by atoms with van der Waals surface area (Å²) in [6.07, 6.45) is 2.13. The Morgan fingerprint density at radius 2 is 1.65 bits per heavy atom. The molecule has 6 heteroatoms. The maximum absolute atomic E-state index is 12.8. The Labute approximate surface area is 237 Å². The molecule has 0 saturated carbocycles. The molecule has 5 nitrogen and oxygen atoms in total. The maximum Gasteiger partial charge on any atom is 0.239 e. The van der Waals surface area contributed by atoms with Gasteiger partial charge < -0.3 is 15.2 Å². The zero-order chi connectivity index (χ0) is 27.5. The summed E-state index contributed by atoms with van der Waals surface area (Å²) in [7, 11) is 0. The number of nitrogens with one attached hydrogen (secondary N) is 2. The van der Waals surface area contributed by atoms with Gasteiger partial charge in [0.2, 0.25) is 17.5 Å². The number of fused-ring (bicyclic) bond motifs is 1. The molecule has 1 amide bonds. The topological polar surface area (TPSA) is 70.6 Å². The highest BCUT2D eigenvalue weighted by Gasteiger charge is 2.46. The highest BCUT2D eigenvalue weighted by Crippen LogP contribution is 2.45. The fourth-order valence-electron chi connectivity index (χ4n) is 5.12. The van der Waals surface area contributed by atoms with E-state index in [2.05, 4.69) is 60.0 Å². The summed E-state index contributed by atoms with van der Waals surface area (Å²) in [5.74, 6) is 0.343. The van der Waals surface area contributed by atoms with E-state index in [4.69, 9.17) is 4.74 Å². The molecule has 1 aromatic heterocycles. The Hall–Kier alpha value is -4.55. The quantitative estimate of drug-likeness (QED) is 0.186. The molecule has 200 valence electrons. The molecule has 3 N–H and O–H groups in total. The third-order valence-corrected chi connectivity index (χ3v) is 8.11. The van der Waals surface area contributed by atoms with Gasteiger partial charge in [-0.3, -0.25) is 10.1 Å². The van der Waals surface area contributed by atoms with E-state index in [9.17, 15) is 9.90 Å². The average Bonchev–Trinajstić information content (AvgIpc) is 3.65. The molecule has 0 fully saturated rings. The van der Waals surface area contributed by atoms with Gasteiger partial charge in [-0.05, 0) is 58.0 Å². The van der Waals surface area contributed by atoms with Crippen LogP contribution in [-0.2, 0) is 15.3 Å². The highest BCUT2D eigenvalue weighted by molar-refractivity contribution is 7.11. The minimum atomic E-state index is -1.25. The van der Waals surface area contributed by atoms with Gasteiger partial charge in [0.05, 0.1) is 10.4 Å². The molecule has 5 aromatic rings. The first kappa shape index (κ1) is 25.7. The van der Waals surface area contributed by atoms with Crippen LogP contribution in [0.3, 0.4) is 0 Å². The Bertz CT molecular complexity index is 1690. The van der Waals surface area contributed by atoms with Gasteiger partial charge in [0, 0.05) is 12.0 Å². The predicted molar refractivity (Wildman–Crippen MR) is 161 cm³/mol. The minimum absolute atomic E-state index is 0.0951. The Balaban J connectivity index is 1.42. The molecule has 40 heavy (non-hydrogen) atoms. The third kappa shape index (κ3) is 4.82. The SMILES string of the molecule is CCCCC(=O)NC1=C(c2cccs2)NC(c2ccc(-c3ccc4ccccc4c3)cc2)(c2ccccc2O)O1. The number of carbonyl (C=O) groups excluding carboxylic acids is 1. The number of unbranched alkanes of at least 4 members (excludes halogenated alkanes) is 1. The number of thiophene rings is 1. The van der Waals surface area contributed by atoms with Crippen LogP contribution in [0.15, 0.2) is 114 Å². The van der Waals surface area contributed by atoms with Gasteiger partial charge in [0.1, 0.15) is 11.4 Å². The molecule has 2 heterocycles. The molecular formula is C34H30N2O3S. The minimum Gasteiger partial charge on any atom is -0.507 e. The van der Waals surface area contributed by atoms with E-state index in [1.807, 2.05) is 53.9 Å². The molecule has 4 aromatic carbocycles. The smallest absolute Gasteiger partial charge is 0.239 e. The lowest BCUT2D eigenvalue weighted by Gasteiger charge is -2.32. The second-order valence-corrected chi connectivity index (χ2v) is 10.8. The third-order valence-electron chi connectivity index (χ3n) is 7.22. The van der Waals surface area contributed by atoms with E-state index >= 15 is 0 Å². The Kier molecular flexibility index (Phi) is 7.01. The number of aromatic hydroxyl groups is 1. The Morgan fingerprint density at radius 1 is 0.900 bits per heavy atom. The largest absolute Gasteiger partial charge is 0.507 e. The standard InChI is InChI=1S/C34H30N2O3S/c1-2-3-14-31(38)35-33-32(30-13-8-21-40-30)36-34(39-33,28-11-6-7-12-29(28)37)27-19-17-24(18-20-27)26-16-15-23-9-4-5-10-25(23)22-26/h4-13,15-22,36-37H,2-3,14H2,1H3,(H,35,38). The lowest BCUT2D eigenvalue weighted by atomic mass is 9.91.